The van der Waals surface area contributed by atoms with E-state index in [-0.39, 0.29) is 5.91 Å². The van der Waals surface area contributed by atoms with E-state index in [0.717, 1.165) is 41.7 Å². The van der Waals surface area contributed by atoms with Gasteiger partial charge in [0.15, 0.2) is 0 Å². The summed E-state index contributed by atoms with van der Waals surface area (Å²) in [4.78, 5) is 30.1. The maximum Gasteiger partial charge on any atom is 0.253 e. The number of amides is 1. The molecule has 0 aliphatic carbocycles. The van der Waals surface area contributed by atoms with Gasteiger partial charge in [0.1, 0.15) is 23.8 Å². The minimum Gasteiger partial charge on any atom is -0.353 e. The van der Waals surface area contributed by atoms with Gasteiger partial charge < -0.3 is 9.80 Å². The lowest BCUT2D eigenvalue weighted by molar-refractivity contribution is 0.0746. The molecule has 28 heavy (non-hydrogen) atoms. The molecular weight excluding hydrogens is 352 g/mol. The number of imidazole rings is 1. The fourth-order valence-corrected chi connectivity index (χ4v) is 3.42. The van der Waals surface area contributed by atoms with Crippen LogP contribution in [0.2, 0.25) is 0 Å². The van der Waals surface area contributed by atoms with Gasteiger partial charge in [-0.1, -0.05) is 6.07 Å². The van der Waals surface area contributed by atoms with Crippen molar-refractivity contribution in [3.05, 3.63) is 65.5 Å². The molecule has 1 fully saturated rings. The van der Waals surface area contributed by atoms with E-state index in [1.165, 1.54) is 5.56 Å². The zero-order valence-corrected chi connectivity index (χ0v) is 16.5. The van der Waals surface area contributed by atoms with Crippen molar-refractivity contribution in [2.45, 2.75) is 20.8 Å². The molecule has 3 aromatic rings. The van der Waals surface area contributed by atoms with Gasteiger partial charge in [-0.05, 0) is 44.0 Å². The first-order valence-corrected chi connectivity index (χ1v) is 9.47. The van der Waals surface area contributed by atoms with Crippen LogP contribution < -0.4 is 4.90 Å². The number of carbonyl (C=O) groups is 1. The molecule has 7 heteroatoms. The minimum absolute atomic E-state index is 0.0979. The van der Waals surface area contributed by atoms with Crippen molar-refractivity contribution >= 4 is 11.7 Å². The zero-order valence-electron chi connectivity index (χ0n) is 16.5. The van der Waals surface area contributed by atoms with Crippen LogP contribution in [0.25, 0.3) is 5.82 Å². The lowest BCUT2D eigenvalue weighted by Gasteiger charge is -2.35. The van der Waals surface area contributed by atoms with Crippen LogP contribution >= 0.6 is 0 Å². The number of benzene rings is 1. The van der Waals surface area contributed by atoms with Gasteiger partial charge >= 0.3 is 0 Å². The quantitative estimate of drug-likeness (QED) is 0.703. The standard InChI is InChI=1S/C21H24N6O/c1-15-4-5-18(12-16(15)2)21(28)26-10-8-25(9-11-26)19-13-20(24-17(3)23-19)27-7-6-22-14-27/h4-7,12-14H,8-11H2,1-3H3. The van der Waals surface area contributed by atoms with Gasteiger partial charge in [0.25, 0.3) is 5.91 Å². The van der Waals surface area contributed by atoms with Gasteiger partial charge in [0.2, 0.25) is 0 Å². The Morgan fingerprint density at radius 3 is 2.36 bits per heavy atom. The largest absolute Gasteiger partial charge is 0.353 e. The zero-order chi connectivity index (χ0) is 19.7. The van der Waals surface area contributed by atoms with Crippen molar-refractivity contribution in [1.82, 2.24) is 24.4 Å². The number of anilines is 1. The molecule has 2 aromatic heterocycles. The number of aromatic nitrogens is 4. The van der Waals surface area contributed by atoms with Crippen LogP contribution in [-0.2, 0) is 0 Å². The lowest BCUT2D eigenvalue weighted by Crippen LogP contribution is -2.49. The molecule has 0 atom stereocenters. The molecule has 144 valence electrons. The molecular formula is C21H24N6O. The second kappa shape index (κ2) is 7.42. The van der Waals surface area contributed by atoms with E-state index in [9.17, 15) is 4.79 Å². The molecule has 7 nitrogen and oxygen atoms in total. The molecule has 0 radical (unpaired) electrons. The summed E-state index contributed by atoms with van der Waals surface area (Å²) in [6.45, 7) is 8.84. The Kier molecular flexibility index (Phi) is 4.81. The highest BCUT2D eigenvalue weighted by molar-refractivity contribution is 5.94. The minimum atomic E-state index is 0.0979. The molecule has 1 amide bonds. The Balaban J connectivity index is 1.47. The normalized spacial score (nSPS) is 14.4. The summed E-state index contributed by atoms with van der Waals surface area (Å²) in [7, 11) is 0. The van der Waals surface area contributed by atoms with Crippen LogP contribution in [0.4, 0.5) is 5.82 Å². The summed E-state index contributed by atoms with van der Waals surface area (Å²) in [5.41, 5.74) is 3.11. The Hall–Kier alpha value is -3.22. The number of aryl methyl sites for hydroxylation is 3. The highest BCUT2D eigenvalue weighted by Crippen LogP contribution is 2.19. The molecule has 3 heterocycles. The van der Waals surface area contributed by atoms with Gasteiger partial charge in [-0.3, -0.25) is 9.36 Å². The number of carbonyl (C=O) groups excluding carboxylic acids is 1. The Morgan fingerprint density at radius 1 is 0.929 bits per heavy atom. The van der Waals surface area contributed by atoms with E-state index in [1.807, 2.05) is 53.8 Å². The van der Waals surface area contributed by atoms with Gasteiger partial charge in [0.05, 0.1) is 0 Å². The summed E-state index contributed by atoms with van der Waals surface area (Å²) in [6, 6.07) is 7.88. The summed E-state index contributed by atoms with van der Waals surface area (Å²) >= 11 is 0. The predicted octanol–water partition coefficient (Wildman–Crippen LogP) is 2.55. The van der Waals surface area contributed by atoms with Crippen molar-refractivity contribution in [2.24, 2.45) is 0 Å². The van der Waals surface area contributed by atoms with E-state index < -0.39 is 0 Å². The smallest absolute Gasteiger partial charge is 0.253 e. The SMILES string of the molecule is Cc1nc(N2CCN(C(=O)c3ccc(C)c(C)c3)CC2)cc(-n2ccnc2)n1. The van der Waals surface area contributed by atoms with E-state index in [4.69, 9.17) is 0 Å². The molecule has 4 rings (SSSR count). The summed E-state index contributed by atoms with van der Waals surface area (Å²) in [6.07, 6.45) is 5.33. The van der Waals surface area contributed by atoms with Crippen molar-refractivity contribution in [3.63, 3.8) is 0 Å². The fraction of sp³-hybridized carbons (Fsp3) is 0.333. The topological polar surface area (TPSA) is 67.2 Å². The average Bonchev–Trinajstić information content (AvgIpc) is 3.24. The molecule has 0 bridgehead atoms. The molecule has 1 aromatic carbocycles. The first-order chi connectivity index (χ1) is 13.5. The number of rotatable bonds is 3. The molecule has 1 saturated heterocycles. The third kappa shape index (κ3) is 3.60. The van der Waals surface area contributed by atoms with Crippen molar-refractivity contribution in [2.75, 3.05) is 31.1 Å². The Morgan fingerprint density at radius 2 is 1.68 bits per heavy atom. The Bertz CT molecular complexity index is 990. The number of hydrogen-bond acceptors (Lipinski definition) is 5. The monoisotopic (exact) mass is 376 g/mol. The first kappa shape index (κ1) is 18.2. The second-order valence-electron chi connectivity index (χ2n) is 7.18. The van der Waals surface area contributed by atoms with Crippen molar-refractivity contribution in [1.29, 1.82) is 0 Å². The highest BCUT2D eigenvalue weighted by atomic mass is 16.2. The molecule has 0 unspecified atom stereocenters. The first-order valence-electron chi connectivity index (χ1n) is 9.47. The van der Waals surface area contributed by atoms with Crippen LogP contribution in [0.5, 0.6) is 0 Å². The predicted molar refractivity (Wildman–Crippen MR) is 108 cm³/mol. The van der Waals surface area contributed by atoms with Crippen LogP contribution in [0.1, 0.15) is 27.3 Å². The Labute approximate surface area is 164 Å². The van der Waals surface area contributed by atoms with Crippen LogP contribution in [0.3, 0.4) is 0 Å². The van der Waals surface area contributed by atoms with E-state index >= 15 is 0 Å². The van der Waals surface area contributed by atoms with Gasteiger partial charge in [-0.25, -0.2) is 15.0 Å². The molecule has 0 spiro atoms. The van der Waals surface area contributed by atoms with Crippen LogP contribution in [0, 0.1) is 20.8 Å². The molecule has 0 saturated carbocycles. The summed E-state index contributed by atoms with van der Waals surface area (Å²) in [5.74, 6) is 2.50. The van der Waals surface area contributed by atoms with Crippen molar-refractivity contribution in [3.8, 4) is 5.82 Å². The lowest BCUT2D eigenvalue weighted by atomic mass is 10.1. The van der Waals surface area contributed by atoms with Gasteiger partial charge in [-0.2, -0.15) is 0 Å². The maximum absolute atomic E-state index is 12.8. The average molecular weight is 376 g/mol. The highest BCUT2D eigenvalue weighted by Gasteiger charge is 2.23. The van der Waals surface area contributed by atoms with E-state index in [0.29, 0.717) is 13.1 Å². The van der Waals surface area contributed by atoms with Crippen LogP contribution in [-0.4, -0.2) is 56.5 Å². The van der Waals surface area contributed by atoms with Crippen molar-refractivity contribution < 1.29 is 4.79 Å². The van der Waals surface area contributed by atoms with E-state index in [1.54, 1.807) is 12.5 Å². The van der Waals surface area contributed by atoms with E-state index in [2.05, 4.69) is 26.8 Å². The number of piperazine rings is 1. The van der Waals surface area contributed by atoms with Gasteiger partial charge in [0, 0.05) is 50.2 Å². The fourth-order valence-electron chi connectivity index (χ4n) is 3.42. The third-order valence-corrected chi connectivity index (χ3v) is 5.22. The summed E-state index contributed by atoms with van der Waals surface area (Å²) in [5, 5.41) is 0. The van der Waals surface area contributed by atoms with Gasteiger partial charge in [-0.15, -0.1) is 0 Å². The molecule has 1 aliphatic rings. The molecule has 1 aliphatic heterocycles. The van der Waals surface area contributed by atoms with Crippen LogP contribution in [0.15, 0.2) is 43.0 Å². The third-order valence-electron chi connectivity index (χ3n) is 5.22. The number of hydrogen-bond donors (Lipinski definition) is 0. The molecule has 0 N–H and O–H groups in total. The second-order valence-corrected chi connectivity index (χ2v) is 7.18. The number of nitrogens with zero attached hydrogens (tertiary/aromatic N) is 6. The summed E-state index contributed by atoms with van der Waals surface area (Å²) < 4.78 is 1.87. The maximum atomic E-state index is 12.8.